The Bertz CT molecular complexity index is 619. The van der Waals surface area contributed by atoms with Crippen molar-refractivity contribution in [1.82, 2.24) is 4.57 Å². The summed E-state index contributed by atoms with van der Waals surface area (Å²) in [5.74, 6) is -0.262. The number of benzene rings is 1. The zero-order valence-corrected chi connectivity index (χ0v) is 11.2. The van der Waals surface area contributed by atoms with Gasteiger partial charge in [-0.1, -0.05) is 0 Å². The van der Waals surface area contributed by atoms with Gasteiger partial charge >= 0.3 is 6.09 Å². The van der Waals surface area contributed by atoms with Gasteiger partial charge in [0, 0.05) is 11.1 Å². The highest BCUT2D eigenvalue weighted by atomic mass is 19.1. The van der Waals surface area contributed by atoms with Gasteiger partial charge in [-0.25, -0.2) is 13.8 Å². The molecule has 4 nitrogen and oxygen atoms in total. The molecule has 0 radical (unpaired) electrons. The van der Waals surface area contributed by atoms with Crippen molar-refractivity contribution >= 4 is 17.0 Å². The van der Waals surface area contributed by atoms with Crippen molar-refractivity contribution in [2.24, 2.45) is 0 Å². The van der Waals surface area contributed by atoms with E-state index in [1.165, 1.54) is 10.6 Å². The lowest BCUT2D eigenvalue weighted by atomic mass is 10.2. The van der Waals surface area contributed by atoms with Crippen LogP contribution in [0.1, 0.15) is 19.5 Å². The number of carbonyl (C=O) groups excluding carboxylic acids is 1. The molecule has 0 atom stereocenters. The van der Waals surface area contributed by atoms with Crippen LogP contribution in [0.2, 0.25) is 0 Å². The SMILES string of the molecule is CCOC(=O)n1c(C)cc2c(F)c(OCC)ccc21. The van der Waals surface area contributed by atoms with Crippen molar-refractivity contribution in [3.8, 4) is 5.75 Å². The van der Waals surface area contributed by atoms with E-state index in [-0.39, 0.29) is 12.4 Å². The first-order valence-corrected chi connectivity index (χ1v) is 6.20. The first-order valence-electron chi connectivity index (χ1n) is 6.20. The van der Waals surface area contributed by atoms with Crippen LogP contribution in [0, 0.1) is 12.7 Å². The summed E-state index contributed by atoms with van der Waals surface area (Å²) in [4.78, 5) is 11.8. The van der Waals surface area contributed by atoms with Gasteiger partial charge in [0.2, 0.25) is 0 Å². The minimum Gasteiger partial charge on any atom is -0.491 e. The van der Waals surface area contributed by atoms with Crippen molar-refractivity contribution in [2.75, 3.05) is 13.2 Å². The van der Waals surface area contributed by atoms with Crippen LogP contribution in [0.15, 0.2) is 18.2 Å². The smallest absolute Gasteiger partial charge is 0.418 e. The molecule has 0 aliphatic rings. The van der Waals surface area contributed by atoms with Gasteiger partial charge in [0.25, 0.3) is 0 Å². The number of hydrogen-bond donors (Lipinski definition) is 0. The van der Waals surface area contributed by atoms with E-state index in [1.807, 2.05) is 0 Å². The molecule has 0 bridgehead atoms. The van der Waals surface area contributed by atoms with Gasteiger partial charge in [0.1, 0.15) is 0 Å². The predicted octanol–water partition coefficient (Wildman–Crippen LogP) is 3.49. The Labute approximate surface area is 110 Å². The zero-order chi connectivity index (χ0) is 14.0. The van der Waals surface area contributed by atoms with Crippen LogP contribution in [0.4, 0.5) is 9.18 Å². The van der Waals surface area contributed by atoms with Crippen LogP contribution in [0.5, 0.6) is 5.75 Å². The van der Waals surface area contributed by atoms with E-state index < -0.39 is 11.9 Å². The first kappa shape index (κ1) is 13.4. The van der Waals surface area contributed by atoms with Gasteiger partial charge in [0.15, 0.2) is 11.6 Å². The third-order valence-corrected chi connectivity index (χ3v) is 2.82. The molecule has 1 aromatic heterocycles. The summed E-state index contributed by atoms with van der Waals surface area (Å²) in [5.41, 5.74) is 1.11. The Morgan fingerprint density at radius 1 is 1.32 bits per heavy atom. The maximum Gasteiger partial charge on any atom is 0.418 e. The summed E-state index contributed by atoms with van der Waals surface area (Å²) < 4.78 is 25.7. The number of hydrogen-bond acceptors (Lipinski definition) is 3. The fourth-order valence-corrected chi connectivity index (χ4v) is 2.06. The van der Waals surface area contributed by atoms with Crippen molar-refractivity contribution in [1.29, 1.82) is 0 Å². The molecule has 0 N–H and O–H groups in total. The molecule has 102 valence electrons. The van der Waals surface area contributed by atoms with Gasteiger partial charge in [-0.2, -0.15) is 0 Å². The first-order chi connectivity index (χ1) is 9.10. The van der Waals surface area contributed by atoms with E-state index in [0.717, 1.165) is 0 Å². The van der Waals surface area contributed by atoms with Crippen molar-refractivity contribution in [3.63, 3.8) is 0 Å². The topological polar surface area (TPSA) is 40.5 Å². The molecule has 19 heavy (non-hydrogen) atoms. The molecular formula is C14H16FNO3. The molecule has 0 aliphatic heterocycles. The van der Waals surface area contributed by atoms with Crippen molar-refractivity contribution < 1.29 is 18.7 Å². The largest absolute Gasteiger partial charge is 0.491 e. The van der Waals surface area contributed by atoms with E-state index in [4.69, 9.17) is 9.47 Å². The molecule has 2 aromatic rings. The molecule has 0 saturated heterocycles. The van der Waals surface area contributed by atoms with Crippen molar-refractivity contribution in [2.45, 2.75) is 20.8 Å². The minimum absolute atomic E-state index is 0.191. The second-order valence-corrected chi connectivity index (χ2v) is 4.06. The predicted molar refractivity (Wildman–Crippen MR) is 70.2 cm³/mol. The highest BCUT2D eigenvalue weighted by Crippen LogP contribution is 2.29. The Hall–Kier alpha value is -2.04. The molecular weight excluding hydrogens is 249 g/mol. The lowest BCUT2D eigenvalue weighted by molar-refractivity contribution is 0.154. The summed E-state index contributed by atoms with van der Waals surface area (Å²) in [7, 11) is 0. The highest BCUT2D eigenvalue weighted by molar-refractivity contribution is 5.92. The third kappa shape index (κ3) is 2.28. The molecule has 0 spiro atoms. The molecule has 0 aliphatic carbocycles. The second-order valence-electron chi connectivity index (χ2n) is 4.06. The monoisotopic (exact) mass is 265 g/mol. The van der Waals surface area contributed by atoms with Gasteiger partial charge in [-0.3, -0.25) is 0 Å². The summed E-state index contributed by atoms with van der Waals surface area (Å²) in [6.45, 7) is 5.92. The number of ether oxygens (including phenoxy) is 2. The summed E-state index contributed by atoms with van der Waals surface area (Å²) in [6, 6.07) is 4.80. The number of fused-ring (bicyclic) bond motifs is 1. The normalized spacial score (nSPS) is 10.7. The van der Waals surface area contributed by atoms with E-state index in [9.17, 15) is 9.18 Å². The number of rotatable bonds is 3. The van der Waals surface area contributed by atoms with Gasteiger partial charge in [-0.05, 0) is 39.0 Å². The molecule has 0 saturated carbocycles. The van der Waals surface area contributed by atoms with E-state index in [2.05, 4.69) is 0 Å². The van der Waals surface area contributed by atoms with Crippen LogP contribution >= 0.6 is 0 Å². The lowest BCUT2D eigenvalue weighted by Gasteiger charge is -2.08. The Morgan fingerprint density at radius 3 is 2.68 bits per heavy atom. The molecule has 0 unspecified atom stereocenters. The van der Waals surface area contributed by atoms with Gasteiger partial charge in [0.05, 0.1) is 18.7 Å². The standard InChI is InChI=1S/C14H16FNO3/c1-4-18-12-7-6-11-10(13(12)15)8-9(3)16(11)14(17)19-5-2/h6-8H,4-5H2,1-3H3. The van der Waals surface area contributed by atoms with Crippen LogP contribution in [-0.2, 0) is 4.74 Å². The molecule has 1 heterocycles. The number of aryl methyl sites for hydroxylation is 1. The van der Waals surface area contributed by atoms with E-state index in [1.54, 1.807) is 32.9 Å². The molecule has 5 heteroatoms. The quantitative estimate of drug-likeness (QED) is 0.852. The van der Waals surface area contributed by atoms with Crippen LogP contribution in [0.3, 0.4) is 0 Å². The van der Waals surface area contributed by atoms with Crippen molar-refractivity contribution in [3.05, 3.63) is 29.7 Å². The minimum atomic E-state index is -0.501. The number of nitrogens with zero attached hydrogens (tertiary/aromatic N) is 1. The summed E-state index contributed by atoms with van der Waals surface area (Å²) in [5, 5.41) is 0.358. The lowest BCUT2D eigenvalue weighted by Crippen LogP contribution is -2.14. The molecule has 0 amide bonds. The third-order valence-electron chi connectivity index (χ3n) is 2.82. The number of halogens is 1. The summed E-state index contributed by atoms with van der Waals surface area (Å²) in [6.07, 6.45) is -0.501. The van der Waals surface area contributed by atoms with Gasteiger partial charge in [-0.15, -0.1) is 0 Å². The molecule has 0 fully saturated rings. The Morgan fingerprint density at radius 2 is 2.05 bits per heavy atom. The average Bonchev–Trinajstić information content (AvgIpc) is 2.71. The van der Waals surface area contributed by atoms with Crippen LogP contribution < -0.4 is 4.74 Å². The fourth-order valence-electron chi connectivity index (χ4n) is 2.06. The maximum absolute atomic E-state index is 14.2. The van der Waals surface area contributed by atoms with Gasteiger partial charge < -0.3 is 9.47 Å². The fraction of sp³-hybridized carbons (Fsp3) is 0.357. The summed E-state index contributed by atoms with van der Waals surface area (Å²) >= 11 is 0. The number of aromatic nitrogens is 1. The Balaban J connectivity index is 2.59. The van der Waals surface area contributed by atoms with Crippen LogP contribution in [0.25, 0.3) is 10.9 Å². The Kier molecular flexibility index (Phi) is 3.74. The number of carbonyl (C=O) groups is 1. The zero-order valence-electron chi connectivity index (χ0n) is 11.2. The maximum atomic E-state index is 14.2. The molecule has 2 rings (SSSR count). The van der Waals surface area contributed by atoms with E-state index in [0.29, 0.717) is 23.2 Å². The highest BCUT2D eigenvalue weighted by Gasteiger charge is 2.18. The second kappa shape index (κ2) is 5.30. The molecule has 1 aromatic carbocycles. The van der Waals surface area contributed by atoms with Crippen LogP contribution in [-0.4, -0.2) is 23.9 Å². The van der Waals surface area contributed by atoms with E-state index >= 15 is 0 Å². The average molecular weight is 265 g/mol.